The van der Waals surface area contributed by atoms with Gasteiger partial charge in [-0.25, -0.2) is 14.8 Å². The average Bonchev–Trinajstić information content (AvgIpc) is 2.61. The van der Waals surface area contributed by atoms with Gasteiger partial charge in [-0.15, -0.1) is 0 Å². The monoisotopic (exact) mass is 396 g/mol. The first kappa shape index (κ1) is 19.7. The molecule has 1 fully saturated rings. The van der Waals surface area contributed by atoms with Crippen molar-refractivity contribution in [3.05, 3.63) is 36.2 Å². The fourth-order valence-corrected chi connectivity index (χ4v) is 2.60. The number of methoxy groups -OCH3 is 1. The molecule has 0 atom stereocenters. The fraction of sp³-hybridized carbons (Fsp3) is 0.389. The smallest absolute Gasteiger partial charge is 0.437 e. The van der Waals surface area contributed by atoms with Crippen LogP contribution in [-0.2, 0) is 6.18 Å². The second-order valence-electron chi connectivity index (χ2n) is 6.33. The molecule has 3 rings (SSSR count). The molecule has 0 radical (unpaired) electrons. The molecule has 28 heavy (non-hydrogen) atoms. The molecule has 1 aliphatic rings. The standard InChI is InChI=1S/C18H19F3N4O3/c1-27-13-7-3-6-12(8-13)24-16-22-10-14(15(25-16)18(19,20)21)28-17(26)23-9-11-4-2-5-11/h3,6-8,10-11H,2,4-5,9H2,1H3,(H,23,26)(H,22,24,25). The van der Waals surface area contributed by atoms with Crippen LogP contribution in [0.1, 0.15) is 25.0 Å². The van der Waals surface area contributed by atoms with Crippen LogP contribution in [0.4, 0.5) is 29.6 Å². The van der Waals surface area contributed by atoms with E-state index in [1.165, 1.54) is 7.11 Å². The van der Waals surface area contributed by atoms with Crippen LogP contribution in [0, 0.1) is 5.92 Å². The molecular weight excluding hydrogens is 377 g/mol. The van der Waals surface area contributed by atoms with Crippen LogP contribution in [0.2, 0.25) is 0 Å². The molecule has 1 aromatic carbocycles. The molecule has 2 aromatic rings. The number of benzene rings is 1. The number of ether oxygens (including phenoxy) is 2. The molecule has 0 saturated heterocycles. The molecule has 1 aliphatic carbocycles. The predicted molar refractivity (Wildman–Crippen MR) is 94.7 cm³/mol. The molecule has 10 heteroatoms. The zero-order chi connectivity index (χ0) is 20.1. The number of carbonyl (C=O) groups is 1. The Morgan fingerprint density at radius 2 is 2.11 bits per heavy atom. The number of rotatable bonds is 6. The Morgan fingerprint density at radius 3 is 2.75 bits per heavy atom. The summed E-state index contributed by atoms with van der Waals surface area (Å²) < 4.78 is 49.9. The molecule has 2 N–H and O–H groups in total. The first-order valence-electron chi connectivity index (χ1n) is 8.66. The van der Waals surface area contributed by atoms with Crippen molar-refractivity contribution in [2.24, 2.45) is 5.92 Å². The lowest BCUT2D eigenvalue weighted by molar-refractivity contribution is -0.142. The number of amides is 1. The zero-order valence-electron chi connectivity index (χ0n) is 15.0. The quantitative estimate of drug-likeness (QED) is 0.764. The normalized spacial score (nSPS) is 14.1. The lowest BCUT2D eigenvalue weighted by Gasteiger charge is -2.25. The van der Waals surface area contributed by atoms with Crippen LogP contribution in [0.5, 0.6) is 11.5 Å². The maximum Gasteiger partial charge on any atom is 0.437 e. The molecular formula is C18H19F3N4O3. The van der Waals surface area contributed by atoms with Gasteiger partial charge in [0.05, 0.1) is 13.3 Å². The molecule has 0 unspecified atom stereocenters. The van der Waals surface area contributed by atoms with Gasteiger partial charge in [0.25, 0.3) is 0 Å². The minimum atomic E-state index is -4.82. The third-order valence-electron chi connectivity index (χ3n) is 4.31. The predicted octanol–water partition coefficient (Wildman–Crippen LogP) is 4.14. The van der Waals surface area contributed by atoms with Crippen LogP contribution in [0.15, 0.2) is 30.5 Å². The summed E-state index contributed by atoms with van der Waals surface area (Å²) in [5.41, 5.74) is -0.897. The van der Waals surface area contributed by atoms with Gasteiger partial charge in [-0.3, -0.25) is 0 Å². The van der Waals surface area contributed by atoms with E-state index in [-0.39, 0.29) is 5.95 Å². The van der Waals surface area contributed by atoms with E-state index < -0.39 is 23.7 Å². The van der Waals surface area contributed by atoms with Gasteiger partial charge in [-0.05, 0) is 30.9 Å². The van der Waals surface area contributed by atoms with Gasteiger partial charge in [0.2, 0.25) is 5.95 Å². The Bertz CT molecular complexity index is 841. The van der Waals surface area contributed by atoms with Crippen molar-refractivity contribution in [3.63, 3.8) is 0 Å². The van der Waals surface area contributed by atoms with Crippen LogP contribution in [-0.4, -0.2) is 29.7 Å². The van der Waals surface area contributed by atoms with E-state index in [0.29, 0.717) is 23.9 Å². The lowest BCUT2D eigenvalue weighted by atomic mass is 9.85. The first-order valence-corrected chi connectivity index (χ1v) is 8.66. The van der Waals surface area contributed by atoms with E-state index in [1.54, 1.807) is 24.3 Å². The van der Waals surface area contributed by atoms with Crippen molar-refractivity contribution in [1.82, 2.24) is 15.3 Å². The molecule has 0 spiro atoms. The molecule has 1 saturated carbocycles. The van der Waals surface area contributed by atoms with Gasteiger partial charge < -0.3 is 20.1 Å². The van der Waals surface area contributed by atoms with Crippen molar-refractivity contribution in [3.8, 4) is 11.5 Å². The number of hydrogen-bond donors (Lipinski definition) is 2. The van der Waals surface area contributed by atoms with Crippen LogP contribution < -0.4 is 20.1 Å². The van der Waals surface area contributed by atoms with Gasteiger partial charge in [-0.1, -0.05) is 12.5 Å². The van der Waals surface area contributed by atoms with Gasteiger partial charge in [0.1, 0.15) is 5.75 Å². The Morgan fingerprint density at radius 1 is 1.32 bits per heavy atom. The Balaban J connectivity index is 1.74. The molecule has 1 heterocycles. The van der Waals surface area contributed by atoms with Gasteiger partial charge in [0.15, 0.2) is 11.4 Å². The summed E-state index contributed by atoms with van der Waals surface area (Å²) in [6.07, 6.45) is -1.90. The molecule has 1 aromatic heterocycles. The van der Waals surface area contributed by atoms with Gasteiger partial charge in [-0.2, -0.15) is 13.2 Å². The van der Waals surface area contributed by atoms with E-state index in [0.717, 1.165) is 25.5 Å². The number of nitrogens with one attached hydrogen (secondary N) is 2. The summed E-state index contributed by atoms with van der Waals surface area (Å²) in [5, 5.41) is 5.13. The van der Waals surface area contributed by atoms with Crippen LogP contribution >= 0.6 is 0 Å². The van der Waals surface area contributed by atoms with E-state index >= 15 is 0 Å². The number of alkyl halides is 3. The minimum absolute atomic E-state index is 0.289. The molecule has 1 amide bonds. The first-order chi connectivity index (χ1) is 13.3. The largest absolute Gasteiger partial charge is 0.497 e. The minimum Gasteiger partial charge on any atom is -0.497 e. The lowest BCUT2D eigenvalue weighted by Crippen LogP contribution is -2.34. The maximum atomic E-state index is 13.4. The topological polar surface area (TPSA) is 85.4 Å². The number of carbonyl (C=O) groups excluding carboxylic acids is 1. The highest BCUT2D eigenvalue weighted by atomic mass is 19.4. The van der Waals surface area contributed by atoms with Crippen molar-refractivity contribution in [2.75, 3.05) is 19.0 Å². The van der Waals surface area contributed by atoms with E-state index in [1.807, 2.05) is 0 Å². The van der Waals surface area contributed by atoms with Crippen LogP contribution in [0.3, 0.4) is 0 Å². The SMILES string of the molecule is COc1cccc(Nc2ncc(OC(=O)NCC3CCC3)c(C(F)(F)F)n2)c1. The summed E-state index contributed by atoms with van der Waals surface area (Å²) >= 11 is 0. The highest BCUT2D eigenvalue weighted by molar-refractivity contribution is 5.70. The third kappa shape index (κ3) is 5.02. The summed E-state index contributed by atoms with van der Waals surface area (Å²) in [6, 6.07) is 6.55. The Kier molecular flexibility index (Phi) is 5.86. The van der Waals surface area contributed by atoms with E-state index in [9.17, 15) is 18.0 Å². The Labute approximate surface area is 159 Å². The highest BCUT2D eigenvalue weighted by Gasteiger charge is 2.38. The summed E-state index contributed by atoms with van der Waals surface area (Å²) in [6.45, 7) is 0.372. The second-order valence-corrected chi connectivity index (χ2v) is 6.33. The van der Waals surface area contributed by atoms with Gasteiger partial charge >= 0.3 is 12.3 Å². The summed E-state index contributed by atoms with van der Waals surface area (Å²) in [5.74, 6) is -0.179. The number of nitrogens with zero attached hydrogens (tertiary/aromatic N) is 2. The van der Waals surface area contributed by atoms with E-state index in [2.05, 4.69) is 20.6 Å². The summed E-state index contributed by atoms with van der Waals surface area (Å²) in [4.78, 5) is 19.1. The molecule has 0 aliphatic heterocycles. The summed E-state index contributed by atoms with van der Waals surface area (Å²) in [7, 11) is 1.47. The van der Waals surface area contributed by atoms with Gasteiger partial charge in [0, 0.05) is 18.3 Å². The second kappa shape index (κ2) is 8.32. The van der Waals surface area contributed by atoms with Crippen molar-refractivity contribution in [1.29, 1.82) is 0 Å². The zero-order valence-corrected chi connectivity index (χ0v) is 15.0. The molecule has 0 bridgehead atoms. The average molecular weight is 396 g/mol. The number of halogens is 3. The van der Waals surface area contributed by atoms with Crippen molar-refractivity contribution < 1.29 is 27.4 Å². The molecule has 7 nitrogen and oxygen atoms in total. The Hall–Kier alpha value is -3.04. The fourth-order valence-electron chi connectivity index (χ4n) is 2.60. The number of anilines is 2. The maximum absolute atomic E-state index is 13.4. The number of aromatic nitrogens is 2. The van der Waals surface area contributed by atoms with Crippen molar-refractivity contribution in [2.45, 2.75) is 25.4 Å². The third-order valence-corrected chi connectivity index (χ3v) is 4.31. The highest BCUT2D eigenvalue weighted by Crippen LogP contribution is 2.35. The van der Waals surface area contributed by atoms with Crippen LogP contribution in [0.25, 0.3) is 0 Å². The number of hydrogen-bond acceptors (Lipinski definition) is 6. The molecule has 150 valence electrons. The van der Waals surface area contributed by atoms with Crippen molar-refractivity contribution >= 4 is 17.7 Å². The van der Waals surface area contributed by atoms with E-state index in [4.69, 9.17) is 9.47 Å².